The molecule has 4 nitrogen and oxygen atoms in total. The molecule has 1 aliphatic rings. The highest BCUT2D eigenvalue weighted by Gasteiger charge is 2.12. The van der Waals surface area contributed by atoms with Crippen LogP contribution >= 0.6 is 0 Å². The minimum Gasteiger partial charge on any atom is -0.439 e. The van der Waals surface area contributed by atoms with E-state index in [-0.39, 0.29) is 0 Å². The number of nitrogens with one attached hydrogen (secondary N) is 1. The predicted molar refractivity (Wildman–Crippen MR) is 84.1 cm³/mol. The van der Waals surface area contributed by atoms with Crippen LogP contribution < -0.4 is 10.1 Å². The first-order valence-electron chi connectivity index (χ1n) is 7.64. The predicted octanol–water partition coefficient (Wildman–Crippen LogP) is 3.89. The van der Waals surface area contributed by atoms with Gasteiger partial charge in [-0.25, -0.2) is 4.98 Å². The number of benzene rings is 1. The van der Waals surface area contributed by atoms with E-state index >= 15 is 0 Å². The molecule has 1 aliphatic carbocycles. The number of aromatic nitrogens is 2. The van der Waals surface area contributed by atoms with Gasteiger partial charge in [-0.1, -0.05) is 13.0 Å². The Labute approximate surface area is 125 Å². The Morgan fingerprint density at radius 2 is 2.00 bits per heavy atom. The fourth-order valence-electron chi connectivity index (χ4n) is 2.67. The smallest absolute Gasteiger partial charge is 0.224 e. The number of hydrogen-bond acceptors (Lipinski definition) is 4. The fourth-order valence-corrected chi connectivity index (χ4v) is 2.67. The Kier molecular flexibility index (Phi) is 4.04. The molecule has 0 amide bonds. The van der Waals surface area contributed by atoms with Gasteiger partial charge >= 0.3 is 0 Å². The molecule has 0 atom stereocenters. The van der Waals surface area contributed by atoms with Crippen molar-refractivity contribution < 1.29 is 4.74 Å². The van der Waals surface area contributed by atoms with Crippen LogP contribution in [-0.4, -0.2) is 16.5 Å². The Morgan fingerprint density at radius 3 is 2.86 bits per heavy atom. The fraction of sp³-hybridized carbons (Fsp3) is 0.412. The lowest BCUT2D eigenvalue weighted by atomic mass is 10.1. The van der Waals surface area contributed by atoms with Gasteiger partial charge in [0.05, 0.1) is 0 Å². The molecule has 1 N–H and O–H groups in total. The monoisotopic (exact) mass is 283 g/mol. The molecule has 0 radical (unpaired) electrons. The molecule has 0 unspecified atom stereocenters. The molecule has 0 bridgehead atoms. The van der Waals surface area contributed by atoms with E-state index in [1.807, 2.05) is 19.1 Å². The maximum Gasteiger partial charge on any atom is 0.224 e. The topological polar surface area (TPSA) is 47.0 Å². The van der Waals surface area contributed by atoms with Gasteiger partial charge in [0.1, 0.15) is 17.4 Å². The quantitative estimate of drug-likeness (QED) is 0.904. The highest BCUT2D eigenvalue weighted by Crippen LogP contribution is 2.28. The summed E-state index contributed by atoms with van der Waals surface area (Å²) in [4.78, 5) is 8.73. The summed E-state index contributed by atoms with van der Waals surface area (Å²) in [7, 11) is 0. The number of hydrogen-bond donors (Lipinski definition) is 1. The zero-order valence-electron chi connectivity index (χ0n) is 12.6. The number of fused-ring (bicyclic) bond motifs is 1. The molecule has 0 saturated heterocycles. The van der Waals surface area contributed by atoms with Crippen molar-refractivity contribution >= 4 is 5.82 Å². The van der Waals surface area contributed by atoms with Crippen molar-refractivity contribution in [3.8, 4) is 11.6 Å². The van der Waals surface area contributed by atoms with Crippen LogP contribution in [0, 0.1) is 6.92 Å². The van der Waals surface area contributed by atoms with E-state index in [0.29, 0.717) is 11.7 Å². The van der Waals surface area contributed by atoms with Crippen LogP contribution in [-0.2, 0) is 12.8 Å². The van der Waals surface area contributed by atoms with Crippen molar-refractivity contribution in [2.24, 2.45) is 0 Å². The minimum absolute atomic E-state index is 0.596. The van der Waals surface area contributed by atoms with Crippen molar-refractivity contribution in [2.75, 3.05) is 11.9 Å². The van der Waals surface area contributed by atoms with Crippen LogP contribution in [0.3, 0.4) is 0 Å². The number of ether oxygens (including phenoxy) is 1. The first-order valence-corrected chi connectivity index (χ1v) is 7.64. The summed E-state index contributed by atoms with van der Waals surface area (Å²) in [5.41, 5.74) is 2.86. The van der Waals surface area contributed by atoms with Crippen molar-refractivity contribution in [2.45, 2.75) is 39.5 Å². The minimum atomic E-state index is 0.596. The molecular formula is C17H21N3O. The maximum atomic E-state index is 5.91. The normalized spacial score (nSPS) is 13.0. The number of aryl methyl sites for hydroxylation is 3. The Balaban J connectivity index is 1.79. The van der Waals surface area contributed by atoms with Crippen LogP contribution in [0.25, 0.3) is 0 Å². The van der Waals surface area contributed by atoms with Crippen LogP contribution in [0.5, 0.6) is 11.6 Å². The molecule has 3 rings (SSSR count). The van der Waals surface area contributed by atoms with E-state index in [2.05, 4.69) is 34.3 Å². The average Bonchev–Trinajstić information content (AvgIpc) is 2.92. The molecular weight excluding hydrogens is 262 g/mol. The summed E-state index contributed by atoms with van der Waals surface area (Å²) in [5.74, 6) is 2.99. The van der Waals surface area contributed by atoms with Crippen LogP contribution in [0.15, 0.2) is 24.3 Å². The summed E-state index contributed by atoms with van der Waals surface area (Å²) in [6.07, 6.45) is 4.65. The average molecular weight is 283 g/mol. The summed E-state index contributed by atoms with van der Waals surface area (Å²) in [6.45, 7) is 4.91. The zero-order valence-corrected chi connectivity index (χ0v) is 12.6. The van der Waals surface area contributed by atoms with Gasteiger partial charge in [-0.05, 0) is 55.9 Å². The van der Waals surface area contributed by atoms with E-state index in [1.54, 1.807) is 0 Å². The SMILES string of the molecule is CCCNc1cc(Oc2ccc3c(c2)CCC3)nc(C)n1. The second-order valence-electron chi connectivity index (χ2n) is 5.45. The van der Waals surface area contributed by atoms with Gasteiger partial charge in [0.2, 0.25) is 5.88 Å². The van der Waals surface area contributed by atoms with E-state index in [1.165, 1.54) is 24.0 Å². The van der Waals surface area contributed by atoms with E-state index < -0.39 is 0 Å². The molecule has 1 aromatic heterocycles. The van der Waals surface area contributed by atoms with E-state index in [0.717, 1.165) is 31.0 Å². The standard InChI is InChI=1S/C17H21N3O/c1-3-9-18-16-11-17(20-12(2)19-16)21-15-8-7-13-5-4-6-14(13)10-15/h7-8,10-11H,3-6,9H2,1-2H3,(H,18,19,20). The van der Waals surface area contributed by atoms with E-state index in [9.17, 15) is 0 Å². The first kappa shape index (κ1) is 13.9. The van der Waals surface area contributed by atoms with Crippen molar-refractivity contribution in [3.63, 3.8) is 0 Å². The summed E-state index contributed by atoms with van der Waals surface area (Å²) in [5, 5.41) is 3.27. The third-order valence-corrected chi connectivity index (χ3v) is 3.66. The summed E-state index contributed by atoms with van der Waals surface area (Å²) >= 11 is 0. The summed E-state index contributed by atoms with van der Waals surface area (Å²) < 4.78 is 5.91. The summed E-state index contributed by atoms with van der Waals surface area (Å²) in [6, 6.07) is 8.19. The largest absolute Gasteiger partial charge is 0.439 e. The maximum absolute atomic E-state index is 5.91. The second-order valence-corrected chi connectivity index (χ2v) is 5.45. The molecule has 21 heavy (non-hydrogen) atoms. The highest BCUT2D eigenvalue weighted by atomic mass is 16.5. The number of rotatable bonds is 5. The lowest BCUT2D eigenvalue weighted by molar-refractivity contribution is 0.459. The molecule has 1 aromatic carbocycles. The van der Waals surface area contributed by atoms with Gasteiger partial charge in [-0.15, -0.1) is 0 Å². The molecule has 0 spiro atoms. The van der Waals surface area contributed by atoms with Gasteiger partial charge in [0.15, 0.2) is 0 Å². The lowest BCUT2D eigenvalue weighted by Crippen LogP contribution is -2.04. The molecule has 0 fully saturated rings. The Hall–Kier alpha value is -2.10. The van der Waals surface area contributed by atoms with Gasteiger partial charge < -0.3 is 10.1 Å². The van der Waals surface area contributed by atoms with Crippen LogP contribution in [0.4, 0.5) is 5.82 Å². The number of nitrogens with zero attached hydrogens (tertiary/aromatic N) is 2. The molecule has 4 heteroatoms. The molecule has 0 saturated carbocycles. The molecule has 0 aliphatic heterocycles. The van der Waals surface area contributed by atoms with Crippen LogP contribution in [0.1, 0.15) is 36.7 Å². The van der Waals surface area contributed by atoms with Gasteiger partial charge in [0.25, 0.3) is 0 Å². The van der Waals surface area contributed by atoms with Crippen molar-refractivity contribution in [1.82, 2.24) is 9.97 Å². The molecule has 110 valence electrons. The molecule has 1 heterocycles. The van der Waals surface area contributed by atoms with E-state index in [4.69, 9.17) is 4.74 Å². The van der Waals surface area contributed by atoms with Gasteiger partial charge in [-0.2, -0.15) is 4.98 Å². The third kappa shape index (κ3) is 3.32. The Morgan fingerprint density at radius 1 is 1.14 bits per heavy atom. The van der Waals surface area contributed by atoms with Gasteiger partial charge in [0, 0.05) is 12.6 Å². The molecule has 2 aromatic rings. The highest BCUT2D eigenvalue weighted by molar-refractivity contribution is 5.42. The zero-order chi connectivity index (χ0) is 14.7. The van der Waals surface area contributed by atoms with Crippen molar-refractivity contribution in [3.05, 3.63) is 41.2 Å². The first-order chi connectivity index (χ1) is 10.2. The number of anilines is 1. The third-order valence-electron chi connectivity index (χ3n) is 3.66. The Bertz CT molecular complexity index is 640. The lowest BCUT2D eigenvalue weighted by Gasteiger charge is -2.10. The van der Waals surface area contributed by atoms with Crippen LogP contribution in [0.2, 0.25) is 0 Å². The van der Waals surface area contributed by atoms with Gasteiger partial charge in [-0.3, -0.25) is 0 Å². The van der Waals surface area contributed by atoms with Crippen molar-refractivity contribution in [1.29, 1.82) is 0 Å². The second kappa shape index (κ2) is 6.12.